The number of hydrogen-bond acceptors (Lipinski definition) is 5. The van der Waals surface area contributed by atoms with Crippen LogP contribution >= 0.6 is 0 Å². The Kier molecular flexibility index (Phi) is 5.58. The van der Waals surface area contributed by atoms with Crippen LogP contribution in [0, 0.1) is 17.2 Å². The summed E-state index contributed by atoms with van der Waals surface area (Å²) in [5, 5.41) is 16.9. The van der Waals surface area contributed by atoms with Crippen LogP contribution in [0.3, 0.4) is 0 Å². The molecule has 158 valence electrons. The molecular weight excluding hydrogens is 396 g/mol. The molecule has 1 saturated heterocycles. The third-order valence-corrected chi connectivity index (χ3v) is 5.79. The van der Waals surface area contributed by atoms with Crippen molar-refractivity contribution in [3.05, 3.63) is 59.7 Å². The highest BCUT2D eigenvalue weighted by atomic mass is 16.5. The van der Waals surface area contributed by atoms with E-state index >= 15 is 0 Å². The number of ether oxygens (including phenoxy) is 1. The monoisotopic (exact) mass is 418 g/mol. The van der Waals surface area contributed by atoms with E-state index in [1.54, 1.807) is 36.4 Å². The molecule has 0 radical (unpaired) electrons. The predicted molar refractivity (Wildman–Crippen MR) is 112 cm³/mol. The molecule has 0 bridgehead atoms. The second-order valence-electron chi connectivity index (χ2n) is 7.88. The number of anilines is 1. The van der Waals surface area contributed by atoms with E-state index in [4.69, 9.17) is 10.00 Å². The van der Waals surface area contributed by atoms with Gasteiger partial charge in [0, 0.05) is 17.7 Å². The minimum absolute atomic E-state index is 0.113. The van der Waals surface area contributed by atoms with Crippen molar-refractivity contribution >= 4 is 23.5 Å². The molecule has 0 unspecified atom stereocenters. The summed E-state index contributed by atoms with van der Waals surface area (Å²) in [6.45, 7) is 0.311. The number of nitrogens with one attached hydrogen (secondary N) is 3. The molecule has 4 rings (SSSR count). The fourth-order valence-corrected chi connectivity index (χ4v) is 4.06. The summed E-state index contributed by atoms with van der Waals surface area (Å²) in [5.41, 5.74) is 1.21. The highest BCUT2D eigenvalue weighted by Crippen LogP contribution is 2.35. The van der Waals surface area contributed by atoms with Gasteiger partial charge in [0.25, 0.3) is 5.91 Å². The van der Waals surface area contributed by atoms with Crippen LogP contribution < -0.4 is 20.7 Å². The minimum Gasteiger partial charge on any atom is -0.489 e. The van der Waals surface area contributed by atoms with Crippen LogP contribution in [0.4, 0.5) is 10.5 Å². The smallest absolute Gasteiger partial charge is 0.322 e. The molecule has 1 heterocycles. The summed E-state index contributed by atoms with van der Waals surface area (Å²) in [4.78, 5) is 36.2. The van der Waals surface area contributed by atoms with E-state index in [0.29, 0.717) is 49.3 Å². The van der Waals surface area contributed by atoms with Gasteiger partial charge in [-0.25, -0.2) is 4.79 Å². The first-order valence-electron chi connectivity index (χ1n) is 10.1. The van der Waals surface area contributed by atoms with Gasteiger partial charge in [-0.2, -0.15) is 5.26 Å². The summed E-state index contributed by atoms with van der Waals surface area (Å²) in [6, 6.07) is 16.0. The lowest BCUT2D eigenvalue weighted by atomic mass is 9.76. The van der Waals surface area contributed by atoms with E-state index in [1.165, 1.54) is 0 Å². The molecule has 1 aliphatic heterocycles. The van der Waals surface area contributed by atoms with Crippen LogP contribution in [0.5, 0.6) is 5.75 Å². The molecule has 2 aromatic rings. The van der Waals surface area contributed by atoms with Crippen molar-refractivity contribution < 1.29 is 19.1 Å². The zero-order chi connectivity index (χ0) is 21.8. The number of imide groups is 1. The van der Waals surface area contributed by atoms with Crippen molar-refractivity contribution in [1.29, 1.82) is 5.26 Å². The van der Waals surface area contributed by atoms with Crippen molar-refractivity contribution in [2.75, 3.05) is 5.32 Å². The SMILES string of the molecule is N#Cc1cccc(COc2cccc(NC(=O)C3CCC4(CC3)NC(=O)NC4=O)c2)c1. The third-order valence-electron chi connectivity index (χ3n) is 5.79. The third kappa shape index (κ3) is 4.51. The van der Waals surface area contributed by atoms with Gasteiger partial charge in [-0.1, -0.05) is 18.2 Å². The van der Waals surface area contributed by atoms with Crippen molar-refractivity contribution in [2.24, 2.45) is 5.92 Å². The lowest BCUT2D eigenvalue weighted by Crippen LogP contribution is -2.50. The number of nitriles is 1. The van der Waals surface area contributed by atoms with Crippen molar-refractivity contribution in [3.63, 3.8) is 0 Å². The Morgan fingerprint density at radius 1 is 1.16 bits per heavy atom. The highest BCUT2D eigenvalue weighted by molar-refractivity contribution is 6.07. The molecule has 8 heteroatoms. The number of hydrogen-bond donors (Lipinski definition) is 3. The topological polar surface area (TPSA) is 120 Å². The maximum Gasteiger partial charge on any atom is 0.322 e. The fraction of sp³-hybridized carbons (Fsp3) is 0.304. The Bertz CT molecular complexity index is 1070. The number of urea groups is 1. The van der Waals surface area contributed by atoms with E-state index in [0.717, 1.165) is 5.56 Å². The zero-order valence-corrected chi connectivity index (χ0v) is 16.8. The Morgan fingerprint density at radius 2 is 1.94 bits per heavy atom. The quantitative estimate of drug-likeness (QED) is 0.645. The molecule has 0 aromatic heterocycles. The Labute approximate surface area is 179 Å². The fourth-order valence-electron chi connectivity index (χ4n) is 4.06. The van der Waals surface area contributed by atoms with Gasteiger partial charge in [-0.3, -0.25) is 14.9 Å². The van der Waals surface area contributed by atoms with Crippen LogP contribution in [0.25, 0.3) is 0 Å². The average Bonchev–Trinajstić information content (AvgIpc) is 3.05. The minimum atomic E-state index is -0.871. The lowest BCUT2D eigenvalue weighted by Gasteiger charge is -2.33. The summed E-state index contributed by atoms with van der Waals surface area (Å²) in [6.07, 6.45) is 1.91. The first-order chi connectivity index (χ1) is 15.0. The average molecular weight is 418 g/mol. The van der Waals surface area contributed by atoms with Crippen molar-refractivity contribution in [2.45, 2.75) is 37.8 Å². The highest BCUT2D eigenvalue weighted by Gasteiger charge is 2.48. The number of rotatable bonds is 5. The van der Waals surface area contributed by atoms with E-state index in [-0.39, 0.29) is 17.7 Å². The molecule has 1 aliphatic carbocycles. The molecule has 1 spiro atoms. The van der Waals surface area contributed by atoms with Gasteiger partial charge in [-0.15, -0.1) is 0 Å². The second-order valence-corrected chi connectivity index (χ2v) is 7.88. The zero-order valence-electron chi connectivity index (χ0n) is 16.8. The molecule has 2 aromatic carbocycles. The van der Waals surface area contributed by atoms with Crippen molar-refractivity contribution in [3.8, 4) is 11.8 Å². The summed E-state index contributed by atoms with van der Waals surface area (Å²) >= 11 is 0. The Hall–Kier alpha value is -3.86. The number of carbonyl (C=O) groups excluding carboxylic acids is 3. The Balaban J connectivity index is 1.32. The van der Waals surface area contributed by atoms with Crippen LogP contribution in [0.2, 0.25) is 0 Å². The van der Waals surface area contributed by atoms with E-state index in [9.17, 15) is 14.4 Å². The molecule has 2 aliphatic rings. The van der Waals surface area contributed by atoms with Gasteiger partial charge in [0.15, 0.2) is 0 Å². The van der Waals surface area contributed by atoms with E-state index in [2.05, 4.69) is 22.0 Å². The molecule has 1 saturated carbocycles. The summed E-state index contributed by atoms with van der Waals surface area (Å²) in [5.74, 6) is -0.0395. The number of nitrogens with zero attached hydrogens (tertiary/aromatic N) is 1. The van der Waals surface area contributed by atoms with Gasteiger partial charge in [0.1, 0.15) is 17.9 Å². The Morgan fingerprint density at radius 3 is 2.65 bits per heavy atom. The predicted octanol–water partition coefficient (Wildman–Crippen LogP) is 2.84. The number of benzene rings is 2. The van der Waals surface area contributed by atoms with Crippen LogP contribution in [-0.2, 0) is 16.2 Å². The van der Waals surface area contributed by atoms with Crippen molar-refractivity contribution in [1.82, 2.24) is 10.6 Å². The van der Waals surface area contributed by atoms with Gasteiger partial charge in [0.2, 0.25) is 5.91 Å². The normalized spacial score (nSPS) is 22.4. The largest absolute Gasteiger partial charge is 0.489 e. The molecule has 4 amide bonds. The molecule has 3 N–H and O–H groups in total. The van der Waals surface area contributed by atoms with Gasteiger partial charge in [0.05, 0.1) is 11.6 Å². The van der Waals surface area contributed by atoms with Gasteiger partial charge >= 0.3 is 6.03 Å². The second kappa shape index (κ2) is 8.48. The molecule has 31 heavy (non-hydrogen) atoms. The van der Waals surface area contributed by atoms with E-state index in [1.807, 2.05) is 12.1 Å². The molecule has 2 fully saturated rings. The van der Waals surface area contributed by atoms with Gasteiger partial charge in [-0.05, 0) is 55.5 Å². The number of amides is 4. The first kappa shape index (κ1) is 20.4. The standard InChI is InChI=1S/C23H22N4O4/c24-13-15-3-1-4-16(11-15)14-31-19-6-2-5-18(12-19)25-20(28)17-7-9-23(10-8-17)21(29)26-22(30)27-23/h1-6,11-12,17H,7-10,14H2,(H,25,28)(H2,26,27,29,30). The molecule has 0 atom stereocenters. The number of carbonyl (C=O) groups is 3. The van der Waals surface area contributed by atoms with Crippen LogP contribution in [0.15, 0.2) is 48.5 Å². The van der Waals surface area contributed by atoms with Crippen LogP contribution in [-0.4, -0.2) is 23.4 Å². The van der Waals surface area contributed by atoms with Gasteiger partial charge < -0.3 is 15.4 Å². The first-order valence-corrected chi connectivity index (χ1v) is 10.1. The maximum atomic E-state index is 12.7. The lowest BCUT2D eigenvalue weighted by molar-refractivity contribution is -0.128. The van der Waals surface area contributed by atoms with E-state index < -0.39 is 11.6 Å². The summed E-state index contributed by atoms with van der Waals surface area (Å²) < 4.78 is 5.80. The van der Waals surface area contributed by atoms with Crippen LogP contribution in [0.1, 0.15) is 36.8 Å². The molecular formula is C23H22N4O4. The molecule has 8 nitrogen and oxygen atoms in total. The summed E-state index contributed by atoms with van der Waals surface area (Å²) in [7, 11) is 0. The maximum absolute atomic E-state index is 12.7.